The zero-order valence-corrected chi connectivity index (χ0v) is 13.2. The number of thiophene rings is 1. The van der Waals surface area contributed by atoms with Crippen LogP contribution in [0.15, 0.2) is 15.7 Å². The minimum absolute atomic E-state index is 0.0251. The Balaban J connectivity index is 2.11. The van der Waals surface area contributed by atoms with Gasteiger partial charge in [-0.2, -0.15) is 0 Å². The molecule has 2 rings (SSSR count). The lowest BCUT2D eigenvalue weighted by Crippen LogP contribution is -2.29. The van der Waals surface area contributed by atoms with Crippen LogP contribution < -0.4 is 0 Å². The Morgan fingerprint density at radius 1 is 1.53 bits per heavy atom. The van der Waals surface area contributed by atoms with E-state index in [9.17, 15) is 13.2 Å². The number of likely N-dealkylation sites (tertiary alicyclic amines) is 1. The molecule has 4 nitrogen and oxygen atoms in total. The zero-order valence-electron chi connectivity index (χ0n) is 10.8. The van der Waals surface area contributed by atoms with Gasteiger partial charge in [0.2, 0.25) is 0 Å². The van der Waals surface area contributed by atoms with Crippen LogP contribution in [0.25, 0.3) is 0 Å². The molecule has 0 aliphatic carbocycles. The van der Waals surface area contributed by atoms with Crippen molar-refractivity contribution in [3.05, 3.63) is 17.0 Å². The van der Waals surface area contributed by atoms with E-state index in [0.717, 1.165) is 30.8 Å². The molecule has 0 spiro atoms. The number of carbonyl (C=O) groups is 1. The van der Waals surface area contributed by atoms with Gasteiger partial charge in [-0.1, -0.05) is 13.8 Å². The molecule has 1 aliphatic heterocycles. The third-order valence-electron chi connectivity index (χ3n) is 3.52. The molecular formula is C12H16ClNO3S2. The molecule has 0 bridgehead atoms. The second kappa shape index (κ2) is 5.42. The normalized spacial score (nSPS) is 20.2. The second-order valence-electron chi connectivity index (χ2n) is 5.14. The molecule has 1 aromatic heterocycles. The van der Waals surface area contributed by atoms with Gasteiger partial charge in [0.25, 0.3) is 15.0 Å². The summed E-state index contributed by atoms with van der Waals surface area (Å²) in [5.41, 5.74) is 0.411. The van der Waals surface area contributed by atoms with Crippen LogP contribution in [0.3, 0.4) is 0 Å². The van der Waals surface area contributed by atoms with Gasteiger partial charge in [-0.15, -0.1) is 11.3 Å². The van der Waals surface area contributed by atoms with Crippen LogP contribution >= 0.6 is 22.0 Å². The van der Waals surface area contributed by atoms with Crippen molar-refractivity contribution in [1.82, 2.24) is 4.90 Å². The molecule has 0 N–H and O–H groups in total. The lowest BCUT2D eigenvalue weighted by Gasteiger charge is -2.17. The number of hydrogen-bond donors (Lipinski definition) is 0. The first-order valence-electron chi connectivity index (χ1n) is 6.11. The molecule has 19 heavy (non-hydrogen) atoms. The number of nitrogens with zero attached hydrogens (tertiary/aromatic N) is 1. The molecule has 7 heteroatoms. The molecular weight excluding hydrogens is 306 g/mol. The van der Waals surface area contributed by atoms with Gasteiger partial charge >= 0.3 is 0 Å². The number of halogens is 1. The first kappa shape index (κ1) is 14.8. The standard InChI is InChI=1S/C12H16ClNO3S2/c1-8(2)9-3-4-14(6-9)12(15)10-5-11(18-7-10)19(13,16)17/h5,7-9H,3-4,6H2,1-2H3. The fourth-order valence-electron chi connectivity index (χ4n) is 2.26. The van der Waals surface area contributed by atoms with E-state index in [1.54, 1.807) is 10.3 Å². The van der Waals surface area contributed by atoms with E-state index in [0.29, 0.717) is 17.4 Å². The van der Waals surface area contributed by atoms with Crippen molar-refractivity contribution in [1.29, 1.82) is 0 Å². The maximum absolute atomic E-state index is 12.3. The van der Waals surface area contributed by atoms with Gasteiger partial charge < -0.3 is 4.90 Å². The molecule has 1 aromatic rings. The first-order valence-corrected chi connectivity index (χ1v) is 9.30. The van der Waals surface area contributed by atoms with Gasteiger partial charge in [0, 0.05) is 29.2 Å². The first-order chi connectivity index (χ1) is 8.79. The van der Waals surface area contributed by atoms with E-state index in [-0.39, 0.29) is 10.1 Å². The number of hydrogen-bond acceptors (Lipinski definition) is 4. The van der Waals surface area contributed by atoms with Gasteiger partial charge in [-0.25, -0.2) is 8.42 Å². The average molecular weight is 322 g/mol. The largest absolute Gasteiger partial charge is 0.338 e. The van der Waals surface area contributed by atoms with Gasteiger partial charge in [0.15, 0.2) is 0 Å². The van der Waals surface area contributed by atoms with E-state index in [2.05, 4.69) is 13.8 Å². The van der Waals surface area contributed by atoms with Crippen molar-refractivity contribution >= 4 is 37.0 Å². The molecule has 1 fully saturated rings. The van der Waals surface area contributed by atoms with Gasteiger partial charge in [-0.05, 0) is 24.3 Å². The predicted octanol–water partition coefficient (Wildman–Crippen LogP) is 2.79. The Kier molecular flexibility index (Phi) is 4.23. The highest BCUT2D eigenvalue weighted by atomic mass is 35.7. The molecule has 2 heterocycles. The SMILES string of the molecule is CC(C)C1CCN(C(=O)c2csc(S(=O)(=O)Cl)c2)C1. The van der Waals surface area contributed by atoms with E-state index in [4.69, 9.17) is 10.7 Å². The summed E-state index contributed by atoms with van der Waals surface area (Å²) in [6.07, 6.45) is 1.01. The molecule has 1 atom stereocenters. The van der Waals surface area contributed by atoms with Gasteiger partial charge in [0.05, 0.1) is 5.56 Å². The summed E-state index contributed by atoms with van der Waals surface area (Å²) in [6, 6.07) is 1.36. The lowest BCUT2D eigenvalue weighted by atomic mass is 9.95. The molecule has 0 saturated carbocycles. The van der Waals surface area contributed by atoms with Crippen molar-refractivity contribution in [2.75, 3.05) is 13.1 Å². The van der Waals surface area contributed by atoms with Crippen LogP contribution in [0.1, 0.15) is 30.6 Å². The van der Waals surface area contributed by atoms with Crippen LogP contribution in [-0.4, -0.2) is 32.3 Å². The fourth-order valence-corrected chi connectivity index (χ4v) is 4.19. The zero-order chi connectivity index (χ0) is 14.2. The summed E-state index contributed by atoms with van der Waals surface area (Å²) in [5, 5.41) is 1.56. The van der Waals surface area contributed by atoms with Crippen LogP contribution in [0, 0.1) is 11.8 Å². The highest BCUT2D eigenvalue weighted by Gasteiger charge is 2.29. The minimum Gasteiger partial charge on any atom is -0.338 e. The summed E-state index contributed by atoms with van der Waals surface area (Å²) < 4.78 is 22.4. The third-order valence-corrected chi connectivity index (χ3v) is 6.56. The number of carbonyl (C=O) groups excluding carboxylic acids is 1. The maximum atomic E-state index is 12.3. The van der Waals surface area contributed by atoms with Crippen LogP contribution in [0.2, 0.25) is 0 Å². The monoisotopic (exact) mass is 321 g/mol. The topological polar surface area (TPSA) is 54.5 Å². The minimum atomic E-state index is -3.74. The Labute approximate surface area is 121 Å². The predicted molar refractivity (Wildman–Crippen MR) is 76.2 cm³/mol. The highest BCUT2D eigenvalue weighted by molar-refractivity contribution is 8.15. The molecule has 0 aromatic carbocycles. The van der Waals surface area contributed by atoms with E-state index >= 15 is 0 Å². The molecule has 1 saturated heterocycles. The molecule has 106 valence electrons. The summed E-state index contributed by atoms with van der Waals surface area (Å²) in [7, 11) is 1.52. The van der Waals surface area contributed by atoms with Crippen molar-refractivity contribution in [3.63, 3.8) is 0 Å². The van der Waals surface area contributed by atoms with Crippen molar-refractivity contribution < 1.29 is 13.2 Å². The number of amides is 1. The summed E-state index contributed by atoms with van der Waals surface area (Å²) in [6.45, 7) is 5.79. The Bertz CT molecular complexity index is 580. The number of rotatable bonds is 3. The molecule has 0 radical (unpaired) electrons. The van der Waals surface area contributed by atoms with Crippen LogP contribution in [-0.2, 0) is 9.05 Å². The second-order valence-corrected chi connectivity index (χ2v) is 8.84. The van der Waals surface area contributed by atoms with E-state index in [1.165, 1.54) is 6.07 Å². The van der Waals surface area contributed by atoms with E-state index in [1.807, 2.05) is 0 Å². The molecule has 1 unspecified atom stereocenters. The van der Waals surface area contributed by atoms with E-state index < -0.39 is 9.05 Å². The summed E-state index contributed by atoms with van der Waals surface area (Å²) in [5.74, 6) is 0.976. The summed E-state index contributed by atoms with van der Waals surface area (Å²) in [4.78, 5) is 14.0. The Morgan fingerprint density at radius 3 is 2.68 bits per heavy atom. The van der Waals surface area contributed by atoms with Crippen LogP contribution in [0.4, 0.5) is 0 Å². The quantitative estimate of drug-likeness (QED) is 0.804. The van der Waals surface area contributed by atoms with Crippen LogP contribution in [0.5, 0.6) is 0 Å². The molecule has 1 aliphatic rings. The van der Waals surface area contributed by atoms with Crippen molar-refractivity contribution in [2.24, 2.45) is 11.8 Å². The van der Waals surface area contributed by atoms with Gasteiger partial charge in [-0.3, -0.25) is 4.79 Å². The maximum Gasteiger partial charge on any atom is 0.270 e. The highest BCUT2D eigenvalue weighted by Crippen LogP contribution is 2.28. The Hall–Kier alpha value is -0.590. The van der Waals surface area contributed by atoms with Crippen molar-refractivity contribution in [2.45, 2.75) is 24.5 Å². The van der Waals surface area contributed by atoms with Crippen molar-refractivity contribution in [3.8, 4) is 0 Å². The lowest BCUT2D eigenvalue weighted by molar-refractivity contribution is 0.0784. The fraction of sp³-hybridized carbons (Fsp3) is 0.583. The third kappa shape index (κ3) is 3.30. The summed E-state index contributed by atoms with van der Waals surface area (Å²) >= 11 is 0.983. The van der Waals surface area contributed by atoms with Gasteiger partial charge in [0.1, 0.15) is 4.21 Å². The smallest absolute Gasteiger partial charge is 0.270 e. The Morgan fingerprint density at radius 2 is 2.21 bits per heavy atom. The molecule has 1 amide bonds. The average Bonchev–Trinajstić information content (AvgIpc) is 2.97.